The Bertz CT molecular complexity index is 774. The maximum atomic E-state index is 12.3. The summed E-state index contributed by atoms with van der Waals surface area (Å²) < 4.78 is 5.23. The van der Waals surface area contributed by atoms with Crippen LogP contribution in [-0.2, 0) is 4.79 Å². The smallest absolute Gasteiger partial charge is 0.344 e. The van der Waals surface area contributed by atoms with Crippen molar-refractivity contribution < 1.29 is 19.4 Å². The molecule has 1 amide bonds. The summed E-state index contributed by atoms with van der Waals surface area (Å²) in [5, 5.41) is 11.6. The molecule has 0 aliphatic heterocycles. The number of carboxylic acid groups (broad SMARTS) is 1. The van der Waals surface area contributed by atoms with E-state index in [0.29, 0.717) is 22.7 Å². The van der Waals surface area contributed by atoms with E-state index in [1.807, 2.05) is 0 Å². The Morgan fingerprint density at radius 2 is 1.96 bits per heavy atom. The van der Waals surface area contributed by atoms with Crippen LogP contribution in [-0.4, -0.2) is 29.4 Å². The highest BCUT2D eigenvalue weighted by Crippen LogP contribution is 2.19. The highest BCUT2D eigenvalue weighted by molar-refractivity contribution is 6.04. The fourth-order valence-corrected chi connectivity index (χ4v) is 1.91. The Morgan fingerprint density at radius 3 is 2.60 bits per heavy atom. The first-order valence-electron chi connectivity index (χ1n) is 7.39. The van der Waals surface area contributed by atoms with Crippen LogP contribution in [0.5, 0.6) is 5.75 Å². The molecule has 8 nitrogen and oxygen atoms in total. The first kappa shape index (κ1) is 18.0. The first-order valence-corrected chi connectivity index (χ1v) is 7.39. The van der Waals surface area contributed by atoms with Crippen LogP contribution in [0.2, 0.25) is 0 Å². The van der Waals surface area contributed by atoms with Gasteiger partial charge in [0.05, 0.1) is 5.69 Å². The SMILES string of the molecule is CC(Oc1ccc(NC(=O)c2cccc(N=CNN)c2)cc1)C(=O)O. The third-order valence-electron chi connectivity index (χ3n) is 3.17. The fourth-order valence-electron chi connectivity index (χ4n) is 1.91. The normalized spacial score (nSPS) is 11.8. The van der Waals surface area contributed by atoms with Crippen molar-refractivity contribution in [3.05, 3.63) is 54.1 Å². The lowest BCUT2D eigenvalue weighted by atomic mass is 10.2. The summed E-state index contributed by atoms with van der Waals surface area (Å²) in [6.07, 6.45) is 0.361. The molecule has 0 spiro atoms. The second-order valence-electron chi connectivity index (χ2n) is 5.05. The van der Waals surface area contributed by atoms with E-state index in [4.69, 9.17) is 15.7 Å². The third kappa shape index (κ3) is 5.33. The number of nitrogens with one attached hydrogen (secondary N) is 2. The Morgan fingerprint density at radius 1 is 1.24 bits per heavy atom. The number of aliphatic carboxylic acids is 1. The number of amides is 1. The van der Waals surface area contributed by atoms with Gasteiger partial charge in [0.1, 0.15) is 12.1 Å². The molecule has 0 aliphatic carbocycles. The molecule has 0 saturated heterocycles. The maximum Gasteiger partial charge on any atom is 0.344 e. The van der Waals surface area contributed by atoms with Crippen molar-refractivity contribution in [1.82, 2.24) is 5.43 Å². The Hall–Kier alpha value is -3.39. The van der Waals surface area contributed by atoms with Gasteiger partial charge in [-0.2, -0.15) is 0 Å². The van der Waals surface area contributed by atoms with E-state index in [1.54, 1.807) is 48.5 Å². The molecule has 5 N–H and O–H groups in total. The summed E-state index contributed by atoms with van der Waals surface area (Å²) >= 11 is 0. The second kappa shape index (κ2) is 8.46. The summed E-state index contributed by atoms with van der Waals surface area (Å²) in [5.41, 5.74) is 3.86. The number of hydrazine groups is 1. The molecule has 0 fully saturated rings. The van der Waals surface area contributed by atoms with Crippen molar-refractivity contribution in [2.45, 2.75) is 13.0 Å². The van der Waals surface area contributed by atoms with Crippen molar-refractivity contribution >= 4 is 29.6 Å². The van der Waals surface area contributed by atoms with Gasteiger partial charge in [0.2, 0.25) is 0 Å². The molecule has 2 aromatic carbocycles. The standard InChI is InChI=1S/C17H18N4O4/c1-11(17(23)24)25-15-7-5-13(6-8-15)21-16(22)12-3-2-4-14(9-12)19-10-20-18/h2-11H,18H2,1H3,(H,19,20)(H,21,22)(H,23,24). The third-order valence-corrected chi connectivity index (χ3v) is 3.17. The lowest BCUT2D eigenvalue weighted by molar-refractivity contribution is -0.144. The van der Waals surface area contributed by atoms with Gasteiger partial charge in [0.15, 0.2) is 6.10 Å². The Labute approximate surface area is 144 Å². The van der Waals surface area contributed by atoms with Gasteiger partial charge in [-0.1, -0.05) is 6.07 Å². The van der Waals surface area contributed by atoms with Gasteiger partial charge in [0.25, 0.3) is 5.91 Å². The number of hydrogen-bond donors (Lipinski definition) is 4. The van der Waals surface area contributed by atoms with E-state index in [9.17, 15) is 9.59 Å². The first-order chi connectivity index (χ1) is 12.0. The van der Waals surface area contributed by atoms with Crippen molar-refractivity contribution in [1.29, 1.82) is 0 Å². The van der Waals surface area contributed by atoms with E-state index in [0.717, 1.165) is 0 Å². The number of hydrogen-bond acceptors (Lipinski definition) is 5. The molecular weight excluding hydrogens is 324 g/mol. The predicted octanol–water partition coefficient (Wildman–Crippen LogP) is 1.91. The molecule has 130 valence electrons. The van der Waals surface area contributed by atoms with Gasteiger partial charge in [0, 0.05) is 11.3 Å². The molecule has 0 bridgehead atoms. The van der Waals surface area contributed by atoms with Crippen LogP contribution in [0, 0.1) is 0 Å². The number of nitrogens with two attached hydrogens (primary N) is 1. The molecule has 0 aromatic heterocycles. The molecule has 2 aromatic rings. The molecule has 2 rings (SSSR count). The van der Waals surface area contributed by atoms with Crippen molar-refractivity contribution in [2.75, 3.05) is 5.32 Å². The van der Waals surface area contributed by atoms with Gasteiger partial charge < -0.3 is 20.6 Å². The lowest BCUT2D eigenvalue weighted by Gasteiger charge is -2.11. The van der Waals surface area contributed by atoms with Crippen LogP contribution >= 0.6 is 0 Å². The Kier molecular flexibility index (Phi) is 6.08. The largest absolute Gasteiger partial charge is 0.479 e. The van der Waals surface area contributed by atoms with Crippen LogP contribution in [0.1, 0.15) is 17.3 Å². The number of ether oxygens (including phenoxy) is 1. The molecule has 25 heavy (non-hydrogen) atoms. The number of rotatable bonds is 7. The number of carbonyl (C=O) groups is 2. The van der Waals surface area contributed by atoms with E-state index >= 15 is 0 Å². The number of nitrogens with zero attached hydrogens (tertiary/aromatic N) is 1. The zero-order chi connectivity index (χ0) is 18.2. The molecule has 1 atom stereocenters. The highest BCUT2D eigenvalue weighted by Gasteiger charge is 2.12. The zero-order valence-electron chi connectivity index (χ0n) is 13.5. The summed E-state index contributed by atoms with van der Waals surface area (Å²) in [6.45, 7) is 1.44. The van der Waals surface area contributed by atoms with Crippen molar-refractivity contribution in [2.24, 2.45) is 10.8 Å². The monoisotopic (exact) mass is 342 g/mol. The van der Waals surface area contributed by atoms with Gasteiger partial charge in [-0.3, -0.25) is 4.79 Å². The quantitative estimate of drug-likeness (QED) is 0.263. The van der Waals surface area contributed by atoms with Gasteiger partial charge in [-0.15, -0.1) is 0 Å². The molecular formula is C17H18N4O4. The number of carboxylic acids is 1. The minimum absolute atomic E-state index is 0.301. The summed E-state index contributed by atoms with van der Waals surface area (Å²) in [7, 11) is 0. The predicted molar refractivity (Wildman–Crippen MR) is 94.0 cm³/mol. The van der Waals surface area contributed by atoms with E-state index < -0.39 is 12.1 Å². The second-order valence-corrected chi connectivity index (χ2v) is 5.05. The summed E-state index contributed by atoms with van der Waals surface area (Å²) in [5.74, 6) is 4.16. The van der Waals surface area contributed by atoms with Gasteiger partial charge >= 0.3 is 5.97 Å². The van der Waals surface area contributed by atoms with Crippen LogP contribution in [0.4, 0.5) is 11.4 Å². The molecule has 0 saturated carbocycles. The van der Waals surface area contributed by atoms with Gasteiger partial charge in [-0.25, -0.2) is 15.6 Å². The Balaban J connectivity index is 2.03. The number of anilines is 1. The number of benzene rings is 2. The number of carbonyl (C=O) groups excluding carboxylic acids is 1. The van der Waals surface area contributed by atoms with Crippen LogP contribution < -0.4 is 21.3 Å². The molecule has 8 heteroatoms. The number of aliphatic imine (C=N–C) groups is 1. The van der Waals surface area contributed by atoms with E-state index in [2.05, 4.69) is 15.7 Å². The zero-order valence-corrected chi connectivity index (χ0v) is 13.5. The highest BCUT2D eigenvalue weighted by atomic mass is 16.5. The molecule has 0 aliphatic rings. The van der Waals surface area contributed by atoms with Crippen molar-refractivity contribution in [3.63, 3.8) is 0 Å². The van der Waals surface area contributed by atoms with E-state index in [-0.39, 0.29) is 5.91 Å². The topological polar surface area (TPSA) is 126 Å². The summed E-state index contributed by atoms with van der Waals surface area (Å²) in [4.78, 5) is 27.1. The molecule has 1 unspecified atom stereocenters. The van der Waals surface area contributed by atoms with Crippen LogP contribution in [0.15, 0.2) is 53.5 Å². The van der Waals surface area contributed by atoms with Crippen molar-refractivity contribution in [3.8, 4) is 5.75 Å². The summed E-state index contributed by atoms with van der Waals surface area (Å²) in [6, 6.07) is 13.2. The minimum atomic E-state index is -1.05. The van der Waals surface area contributed by atoms with Crippen LogP contribution in [0.25, 0.3) is 0 Å². The average Bonchev–Trinajstić information content (AvgIpc) is 2.61. The molecule has 0 radical (unpaired) electrons. The van der Waals surface area contributed by atoms with E-state index in [1.165, 1.54) is 13.3 Å². The van der Waals surface area contributed by atoms with Gasteiger partial charge in [-0.05, 0) is 49.4 Å². The average molecular weight is 342 g/mol. The van der Waals surface area contributed by atoms with Crippen LogP contribution in [0.3, 0.4) is 0 Å². The molecule has 0 heterocycles. The maximum absolute atomic E-state index is 12.3. The fraction of sp³-hybridized carbons (Fsp3) is 0.118. The minimum Gasteiger partial charge on any atom is -0.479 e. The lowest BCUT2D eigenvalue weighted by Crippen LogP contribution is -2.22.